The highest BCUT2D eigenvalue weighted by Gasteiger charge is 2.21. The van der Waals surface area contributed by atoms with Gasteiger partial charge in [-0.15, -0.1) is 11.3 Å². The standard InChI is InChI=1S/C16H20ClN3OS/c1-16(2,7-11-4-3-5-12(17)6-11)10-19-15(21)13-9-22-14(8-18)20-13/h3-6,9H,7-8,10,18H2,1-2H3,(H,19,21). The Kier molecular flexibility index (Phi) is 5.56. The maximum Gasteiger partial charge on any atom is 0.270 e. The topological polar surface area (TPSA) is 68.0 Å². The fourth-order valence-corrected chi connectivity index (χ4v) is 3.05. The number of nitrogens with one attached hydrogen (secondary N) is 1. The Hall–Kier alpha value is -1.43. The van der Waals surface area contributed by atoms with Crippen molar-refractivity contribution in [1.82, 2.24) is 10.3 Å². The van der Waals surface area contributed by atoms with Crippen molar-refractivity contribution in [2.45, 2.75) is 26.8 Å². The first-order chi connectivity index (χ1) is 10.4. The zero-order valence-electron chi connectivity index (χ0n) is 12.7. The van der Waals surface area contributed by atoms with Gasteiger partial charge in [0, 0.05) is 23.5 Å². The van der Waals surface area contributed by atoms with E-state index in [1.165, 1.54) is 11.3 Å². The molecule has 1 amide bonds. The second kappa shape index (κ2) is 7.22. The summed E-state index contributed by atoms with van der Waals surface area (Å²) in [6.45, 7) is 5.15. The van der Waals surface area contributed by atoms with Crippen LogP contribution in [0, 0.1) is 5.41 Å². The van der Waals surface area contributed by atoms with Gasteiger partial charge < -0.3 is 11.1 Å². The summed E-state index contributed by atoms with van der Waals surface area (Å²) in [5.41, 5.74) is 7.03. The molecule has 2 rings (SSSR count). The number of carbonyl (C=O) groups is 1. The van der Waals surface area contributed by atoms with E-state index < -0.39 is 0 Å². The molecule has 1 aromatic heterocycles. The Morgan fingerprint density at radius 1 is 1.45 bits per heavy atom. The minimum Gasteiger partial charge on any atom is -0.350 e. The number of nitrogens with zero attached hydrogens (tertiary/aromatic N) is 1. The van der Waals surface area contributed by atoms with Gasteiger partial charge in [-0.1, -0.05) is 37.6 Å². The number of aromatic nitrogens is 1. The molecular formula is C16H20ClN3OS. The first-order valence-corrected chi connectivity index (χ1v) is 8.32. The first-order valence-electron chi connectivity index (χ1n) is 7.07. The molecule has 22 heavy (non-hydrogen) atoms. The Morgan fingerprint density at radius 2 is 2.23 bits per heavy atom. The van der Waals surface area contributed by atoms with Gasteiger partial charge in [0.2, 0.25) is 0 Å². The van der Waals surface area contributed by atoms with Gasteiger partial charge in [0.25, 0.3) is 5.91 Å². The summed E-state index contributed by atoms with van der Waals surface area (Å²) < 4.78 is 0. The second-order valence-corrected chi connectivity index (χ2v) is 7.36. The molecule has 6 heteroatoms. The monoisotopic (exact) mass is 337 g/mol. The Morgan fingerprint density at radius 3 is 2.86 bits per heavy atom. The third-order valence-corrected chi connectivity index (χ3v) is 4.36. The van der Waals surface area contributed by atoms with Gasteiger partial charge >= 0.3 is 0 Å². The number of thiazole rings is 1. The molecule has 0 fully saturated rings. The van der Waals surface area contributed by atoms with E-state index in [9.17, 15) is 4.79 Å². The van der Waals surface area contributed by atoms with Gasteiger partial charge in [-0.3, -0.25) is 4.79 Å². The van der Waals surface area contributed by atoms with E-state index in [1.807, 2.05) is 24.3 Å². The van der Waals surface area contributed by atoms with E-state index in [-0.39, 0.29) is 11.3 Å². The zero-order valence-corrected chi connectivity index (χ0v) is 14.3. The number of carbonyl (C=O) groups excluding carboxylic acids is 1. The summed E-state index contributed by atoms with van der Waals surface area (Å²) in [6, 6.07) is 7.80. The van der Waals surface area contributed by atoms with Crippen LogP contribution in [0.15, 0.2) is 29.6 Å². The highest BCUT2D eigenvalue weighted by Crippen LogP contribution is 2.23. The molecule has 0 bridgehead atoms. The van der Waals surface area contributed by atoms with Crippen molar-refractivity contribution in [3.63, 3.8) is 0 Å². The predicted octanol–water partition coefficient (Wildman–Crippen LogP) is 3.25. The van der Waals surface area contributed by atoms with Crippen LogP contribution in [0.3, 0.4) is 0 Å². The van der Waals surface area contributed by atoms with E-state index >= 15 is 0 Å². The van der Waals surface area contributed by atoms with Crippen molar-refractivity contribution in [2.24, 2.45) is 11.1 Å². The SMILES string of the molecule is CC(C)(CNC(=O)c1csc(CN)n1)Cc1cccc(Cl)c1. The maximum absolute atomic E-state index is 12.1. The van der Waals surface area contributed by atoms with Crippen LogP contribution < -0.4 is 11.1 Å². The maximum atomic E-state index is 12.1. The fourth-order valence-electron chi connectivity index (χ4n) is 2.18. The molecule has 0 spiro atoms. The smallest absolute Gasteiger partial charge is 0.270 e. The van der Waals surface area contributed by atoms with E-state index in [1.54, 1.807) is 5.38 Å². The van der Waals surface area contributed by atoms with Gasteiger partial charge in [-0.2, -0.15) is 0 Å². The van der Waals surface area contributed by atoms with Crippen molar-refractivity contribution in [1.29, 1.82) is 0 Å². The van der Waals surface area contributed by atoms with Crippen molar-refractivity contribution >= 4 is 28.8 Å². The van der Waals surface area contributed by atoms with Crippen molar-refractivity contribution in [3.8, 4) is 0 Å². The van der Waals surface area contributed by atoms with Crippen LogP contribution in [0.25, 0.3) is 0 Å². The summed E-state index contributed by atoms with van der Waals surface area (Å²) in [6.07, 6.45) is 0.832. The van der Waals surface area contributed by atoms with Crippen LogP contribution in [-0.2, 0) is 13.0 Å². The molecule has 0 radical (unpaired) electrons. The minimum atomic E-state index is -0.157. The van der Waals surface area contributed by atoms with Gasteiger partial charge in [-0.05, 0) is 29.5 Å². The highest BCUT2D eigenvalue weighted by atomic mass is 35.5. The van der Waals surface area contributed by atoms with E-state index in [4.69, 9.17) is 17.3 Å². The van der Waals surface area contributed by atoms with Crippen molar-refractivity contribution in [3.05, 3.63) is 50.9 Å². The van der Waals surface area contributed by atoms with Gasteiger partial charge in [-0.25, -0.2) is 4.98 Å². The molecule has 0 aliphatic heterocycles. The quantitative estimate of drug-likeness (QED) is 0.850. The zero-order chi connectivity index (χ0) is 16.2. The number of halogens is 1. The largest absolute Gasteiger partial charge is 0.350 e. The molecule has 4 nitrogen and oxygen atoms in total. The number of rotatable bonds is 6. The predicted molar refractivity (Wildman–Crippen MR) is 91.3 cm³/mol. The third kappa shape index (κ3) is 4.80. The van der Waals surface area contributed by atoms with Gasteiger partial charge in [0.05, 0.1) is 0 Å². The molecule has 0 unspecified atom stereocenters. The molecule has 118 valence electrons. The summed E-state index contributed by atoms with van der Waals surface area (Å²) in [5, 5.41) is 6.18. The molecule has 0 aliphatic rings. The normalized spacial score (nSPS) is 11.5. The number of amides is 1. The van der Waals surface area contributed by atoms with Crippen LogP contribution >= 0.6 is 22.9 Å². The Bertz CT molecular complexity index is 654. The van der Waals surface area contributed by atoms with Crippen LogP contribution in [-0.4, -0.2) is 17.4 Å². The fraction of sp³-hybridized carbons (Fsp3) is 0.375. The summed E-state index contributed by atoms with van der Waals surface area (Å²) in [7, 11) is 0. The van der Waals surface area contributed by atoms with Crippen LogP contribution in [0.4, 0.5) is 0 Å². The van der Waals surface area contributed by atoms with E-state index in [2.05, 4.69) is 24.1 Å². The molecule has 3 N–H and O–H groups in total. The average molecular weight is 338 g/mol. The summed E-state index contributed by atoms with van der Waals surface area (Å²) in [4.78, 5) is 16.3. The average Bonchev–Trinajstić information content (AvgIpc) is 2.93. The molecule has 1 heterocycles. The number of hydrogen-bond acceptors (Lipinski definition) is 4. The first kappa shape index (κ1) is 16.9. The summed E-state index contributed by atoms with van der Waals surface area (Å²) >= 11 is 7.41. The van der Waals surface area contributed by atoms with E-state index in [0.29, 0.717) is 18.8 Å². The Balaban J connectivity index is 1.92. The number of hydrogen-bond donors (Lipinski definition) is 2. The van der Waals surface area contributed by atoms with Crippen LogP contribution in [0.1, 0.15) is 34.9 Å². The molecule has 0 atom stereocenters. The van der Waals surface area contributed by atoms with Crippen LogP contribution in [0.2, 0.25) is 5.02 Å². The molecule has 1 aromatic carbocycles. The van der Waals surface area contributed by atoms with Gasteiger partial charge in [0.15, 0.2) is 0 Å². The lowest BCUT2D eigenvalue weighted by atomic mass is 9.85. The lowest BCUT2D eigenvalue weighted by molar-refractivity contribution is 0.0932. The van der Waals surface area contributed by atoms with Crippen molar-refractivity contribution in [2.75, 3.05) is 6.54 Å². The molecule has 2 aromatic rings. The van der Waals surface area contributed by atoms with Crippen molar-refractivity contribution < 1.29 is 4.79 Å². The van der Waals surface area contributed by atoms with Crippen LogP contribution in [0.5, 0.6) is 0 Å². The molecule has 0 saturated heterocycles. The number of nitrogens with two attached hydrogens (primary N) is 1. The lowest BCUT2D eigenvalue weighted by Crippen LogP contribution is -2.35. The Labute approximate surface area is 139 Å². The molecule has 0 saturated carbocycles. The molecular weight excluding hydrogens is 318 g/mol. The second-order valence-electron chi connectivity index (χ2n) is 5.98. The number of benzene rings is 1. The van der Waals surface area contributed by atoms with Gasteiger partial charge in [0.1, 0.15) is 10.7 Å². The minimum absolute atomic E-state index is 0.0763. The highest BCUT2D eigenvalue weighted by molar-refractivity contribution is 7.09. The third-order valence-electron chi connectivity index (χ3n) is 3.26. The summed E-state index contributed by atoms with van der Waals surface area (Å²) in [5.74, 6) is -0.157. The molecule has 0 aliphatic carbocycles. The van der Waals surface area contributed by atoms with E-state index in [0.717, 1.165) is 22.0 Å². The lowest BCUT2D eigenvalue weighted by Gasteiger charge is -2.25.